The van der Waals surface area contributed by atoms with E-state index in [1.165, 1.54) is 29.1 Å². The summed E-state index contributed by atoms with van der Waals surface area (Å²) in [5, 5.41) is 33.1. The highest BCUT2D eigenvalue weighted by atomic mass is 32.1. The lowest BCUT2D eigenvalue weighted by atomic mass is 10.1. The van der Waals surface area contributed by atoms with E-state index in [0.29, 0.717) is 17.8 Å². The summed E-state index contributed by atoms with van der Waals surface area (Å²) >= 11 is 5.13. The number of nitrogens with one attached hydrogen (secondary N) is 1. The lowest BCUT2D eigenvalue weighted by Crippen LogP contribution is -2.01. The molecule has 10 heteroatoms. The average Bonchev–Trinajstić information content (AvgIpc) is 2.95. The van der Waals surface area contributed by atoms with E-state index in [2.05, 4.69) is 15.3 Å². The zero-order valence-electron chi connectivity index (χ0n) is 13.1. The number of nitro benzene ring substituents is 1. The number of hydrogen-bond donors (Lipinski definition) is 1. The van der Waals surface area contributed by atoms with Crippen molar-refractivity contribution in [3.63, 3.8) is 0 Å². The third kappa shape index (κ3) is 3.81. The first-order valence-corrected chi connectivity index (χ1v) is 7.75. The molecule has 1 heterocycles. The summed E-state index contributed by atoms with van der Waals surface area (Å²) in [6.45, 7) is 0. The third-order valence-electron chi connectivity index (χ3n) is 3.49. The van der Waals surface area contributed by atoms with Crippen LogP contribution in [0.15, 0.2) is 47.6 Å². The molecule has 0 bridgehead atoms. The topological polar surface area (TPSA) is 112 Å². The van der Waals surface area contributed by atoms with Crippen molar-refractivity contribution in [1.29, 1.82) is 0 Å². The Morgan fingerprint density at radius 1 is 1.31 bits per heavy atom. The summed E-state index contributed by atoms with van der Waals surface area (Å²) in [6.07, 6.45) is 1.69. The number of nitro groups is 1. The SMILES string of the molecule is O=[N+]([O-])c1cc(/C=N\n2c(Cc3ccc(F)cc3)n[nH]c2=S)ccc1[O-]. The number of nitrogens with zero attached hydrogens (tertiary/aromatic N) is 4. The molecule has 0 saturated carbocycles. The second kappa shape index (κ2) is 7.23. The van der Waals surface area contributed by atoms with Crippen molar-refractivity contribution in [2.24, 2.45) is 5.10 Å². The molecule has 1 aromatic heterocycles. The van der Waals surface area contributed by atoms with E-state index in [-0.39, 0.29) is 10.6 Å². The molecule has 26 heavy (non-hydrogen) atoms. The maximum absolute atomic E-state index is 13.0. The molecule has 0 radical (unpaired) electrons. The molecule has 0 fully saturated rings. The molecule has 1 N–H and O–H groups in total. The number of hydrogen-bond acceptors (Lipinski definition) is 6. The summed E-state index contributed by atoms with van der Waals surface area (Å²) in [5.41, 5.74) is 0.645. The van der Waals surface area contributed by atoms with Crippen molar-refractivity contribution in [2.75, 3.05) is 0 Å². The van der Waals surface area contributed by atoms with Crippen LogP contribution in [0.5, 0.6) is 5.75 Å². The van der Waals surface area contributed by atoms with Gasteiger partial charge in [0.15, 0.2) is 5.82 Å². The monoisotopic (exact) mass is 372 g/mol. The number of H-pyrrole nitrogens is 1. The van der Waals surface area contributed by atoms with Crippen LogP contribution in [-0.2, 0) is 6.42 Å². The first-order valence-electron chi connectivity index (χ1n) is 7.34. The molecule has 0 spiro atoms. The number of rotatable bonds is 5. The van der Waals surface area contributed by atoms with E-state index in [0.717, 1.165) is 17.7 Å². The molecule has 0 saturated heterocycles. The first-order chi connectivity index (χ1) is 12.4. The van der Waals surface area contributed by atoms with Crippen LogP contribution < -0.4 is 5.11 Å². The van der Waals surface area contributed by atoms with Crippen LogP contribution in [0, 0.1) is 20.7 Å². The van der Waals surface area contributed by atoms with Crippen LogP contribution in [-0.4, -0.2) is 26.0 Å². The first kappa shape index (κ1) is 17.4. The van der Waals surface area contributed by atoms with Crippen LogP contribution in [0.4, 0.5) is 10.1 Å². The van der Waals surface area contributed by atoms with Crippen molar-refractivity contribution < 1.29 is 14.4 Å². The second-order valence-electron chi connectivity index (χ2n) is 5.29. The second-order valence-corrected chi connectivity index (χ2v) is 5.68. The van der Waals surface area contributed by atoms with Gasteiger partial charge in [-0.3, -0.25) is 15.2 Å². The van der Waals surface area contributed by atoms with Crippen LogP contribution in [0.3, 0.4) is 0 Å². The van der Waals surface area contributed by atoms with E-state index in [1.807, 2.05) is 0 Å². The smallest absolute Gasteiger partial charge is 0.262 e. The molecule has 0 amide bonds. The van der Waals surface area contributed by atoms with E-state index < -0.39 is 16.4 Å². The quantitative estimate of drug-likeness (QED) is 0.320. The highest BCUT2D eigenvalue weighted by molar-refractivity contribution is 7.71. The fourth-order valence-electron chi connectivity index (χ4n) is 2.22. The largest absolute Gasteiger partial charge is 0.868 e. The van der Waals surface area contributed by atoms with Gasteiger partial charge in [-0.2, -0.15) is 14.9 Å². The summed E-state index contributed by atoms with van der Waals surface area (Å²) in [5.74, 6) is -0.536. The average molecular weight is 372 g/mol. The Bertz CT molecular complexity index is 1040. The Labute approximate surface area is 151 Å². The summed E-state index contributed by atoms with van der Waals surface area (Å²) < 4.78 is 14.6. The normalized spacial score (nSPS) is 11.1. The minimum absolute atomic E-state index is 0.230. The Morgan fingerprint density at radius 2 is 2.04 bits per heavy atom. The molecule has 0 unspecified atom stereocenters. The van der Waals surface area contributed by atoms with Crippen molar-refractivity contribution in [1.82, 2.24) is 14.9 Å². The van der Waals surface area contributed by atoms with Crippen LogP contribution in [0.2, 0.25) is 0 Å². The standard InChI is InChI=1S/C16H12FN5O3S/c17-12-4-1-10(2-5-12)8-15-19-20-16(26)21(15)18-9-11-3-6-14(23)13(7-11)22(24)25/h1-7,9,23H,8H2,(H,20,26)/p-1/b18-9-. The van der Waals surface area contributed by atoms with Gasteiger partial charge in [0.25, 0.3) is 5.69 Å². The maximum Gasteiger partial charge on any atom is 0.262 e. The summed E-state index contributed by atoms with van der Waals surface area (Å²) in [4.78, 5) is 10.1. The fourth-order valence-corrected chi connectivity index (χ4v) is 2.42. The Morgan fingerprint density at radius 3 is 2.73 bits per heavy atom. The van der Waals surface area contributed by atoms with Gasteiger partial charge >= 0.3 is 0 Å². The van der Waals surface area contributed by atoms with E-state index in [1.54, 1.807) is 12.1 Å². The molecular weight excluding hydrogens is 361 g/mol. The van der Waals surface area contributed by atoms with Crippen molar-refractivity contribution in [2.45, 2.75) is 6.42 Å². The lowest BCUT2D eigenvalue weighted by molar-refractivity contribution is -0.398. The summed E-state index contributed by atoms with van der Waals surface area (Å²) in [7, 11) is 0. The lowest BCUT2D eigenvalue weighted by Gasteiger charge is -2.06. The van der Waals surface area contributed by atoms with Gasteiger partial charge in [0, 0.05) is 18.1 Å². The number of halogens is 1. The van der Waals surface area contributed by atoms with Gasteiger partial charge in [-0.25, -0.2) is 4.39 Å². The van der Waals surface area contributed by atoms with Gasteiger partial charge in [0.1, 0.15) is 5.82 Å². The molecule has 2 aromatic carbocycles. The van der Waals surface area contributed by atoms with Gasteiger partial charge in [-0.05, 0) is 35.7 Å². The molecule has 0 aliphatic carbocycles. The molecule has 0 aliphatic heterocycles. The van der Waals surface area contributed by atoms with Crippen molar-refractivity contribution in [3.05, 3.63) is 80.1 Å². The van der Waals surface area contributed by atoms with Crippen LogP contribution >= 0.6 is 12.2 Å². The minimum Gasteiger partial charge on any atom is -0.868 e. The van der Waals surface area contributed by atoms with Crippen LogP contribution in [0.25, 0.3) is 0 Å². The molecule has 3 aromatic rings. The van der Waals surface area contributed by atoms with Crippen LogP contribution in [0.1, 0.15) is 17.0 Å². The number of aromatic nitrogens is 3. The predicted molar refractivity (Wildman–Crippen MR) is 92.2 cm³/mol. The number of benzene rings is 2. The molecule has 0 atom stereocenters. The predicted octanol–water partition coefficient (Wildman–Crippen LogP) is 2.53. The zero-order chi connectivity index (χ0) is 18.7. The highest BCUT2D eigenvalue weighted by Gasteiger charge is 2.09. The van der Waals surface area contributed by atoms with E-state index in [4.69, 9.17) is 12.2 Å². The third-order valence-corrected chi connectivity index (χ3v) is 3.76. The van der Waals surface area contributed by atoms with Crippen molar-refractivity contribution >= 4 is 24.1 Å². The molecule has 3 rings (SSSR count). The van der Waals surface area contributed by atoms with Gasteiger partial charge in [0.05, 0.1) is 11.1 Å². The Kier molecular flexibility index (Phi) is 4.85. The number of aromatic amines is 1. The zero-order valence-corrected chi connectivity index (χ0v) is 13.9. The Balaban J connectivity index is 1.88. The molecule has 0 aliphatic rings. The molecular formula is C16H11FN5O3S-. The van der Waals surface area contributed by atoms with Gasteiger partial charge in [-0.15, -0.1) is 0 Å². The van der Waals surface area contributed by atoms with Gasteiger partial charge in [-0.1, -0.05) is 24.3 Å². The van der Waals surface area contributed by atoms with E-state index in [9.17, 15) is 19.6 Å². The molecule has 132 valence electrons. The van der Waals surface area contributed by atoms with E-state index >= 15 is 0 Å². The summed E-state index contributed by atoms with van der Waals surface area (Å²) in [6, 6.07) is 9.58. The maximum atomic E-state index is 13.0. The van der Waals surface area contributed by atoms with Gasteiger partial charge < -0.3 is 5.11 Å². The fraction of sp³-hybridized carbons (Fsp3) is 0.0625. The minimum atomic E-state index is -0.747. The van der Waals surface area contributed by atoms with Gasteiger partial charge in [0.2, 0.25) is 4.77 Å². The van der Waals surface area contributed by atoms with Crippen molar-refractivity contribution in [3.8, 4) is 5.75 Å². The Hall–Kier alpha value is -3.40. The highest BCUT2D eigenvalue weighted by Crippen LogP contribution is 2.23. The molecule has 8 nitrogen and oxygen atoms in total.